The summed E-state index contributed by atoms with van der Waals surface area (Å²) in [6.07, 6.45) is 3.01. The number of hydrogen-bond acceptors (Lipinski definition) is 5. The van der Waals surface area contributed by atoms with Crippen molar-refractivity contribution in [2.24, 2.45) is 4.99 Å². The van der Waals surface area contributed by atoms with Crippen molar-refractivity contribution in [3.63, 3.8) is 0 Å². The van der Waals surface area contributed by atoms with Gasteiger partial charge in [-0.05, 0) is 38.3 Å². The summed E-state index contributed by atoms with van der Waals surface area (Å²) in [6.45, 7) is 7.33. The molecule has 2 N–H and O–H groups in total. The summed E-state index contributed by atoms with van der Waals surface area (Å²) >= 11 is 0. The number of aliphatic imine (C=N–C) groups is 1. The highest BCUT2D eigenvalue weighted by Crippen LogP contribution is 2.22. The van der Waals surface area contributed by atoms with Gasteiger partial charge in [0.2, 0.25) is 10.0 Å². The van der Waals surface area contributed by atoms with E-state index in [0.29, 0.717) is 38.8 Å². The summed E-state index contributed by atoms with van der Waals surface area (Å²) in [7, 11) is -1.53. The Labute approximate surface area is 174 Å². The summed E-state index contributed by atoms with van der Waals surface area (Å²) in [5.41, 5.74) is 2.11. The highest BCUT2D eigenvalue weighted by Gasteiger charge is 2.31. The minimum atomic E-state index is -3.18. The molecule has 9 heteroatoms. The number of methoxy groups -OCH3 is 1. The zero-order valence-corrected chi connectivity index (χ0v) is 18.7. The molecule has 1 aliphatic rings. The largest absolute Gasteiger partial charge is 0.491 e. The van der Waals surface area contributed by atoms with Gasteiger partial charge in [-0.2, -0.15) is 4.31 Å². The third kappa shape index (κ3) is 7.49. The van der Waals surface area contributed by atoms with Crippen LogP contribution in [0.3, 0.4) is 0 Å². The zero-order chi connectivity index (χ0) is 21.3. The van der Waals surface area contributed by atoms with Crippen molar-refractivity contribution in [3.8, 4) is 5.75 Å². The molecule has 0 saturated carbocycles. The van der Waals surface area contributed by atoms with Gasteiger partial charge < -0.3 is 20.1 Å². The second-order valence-electron chi connectivity index (χ2n) is 7.20. The first-order chi connectivity index (χ1) is 13.8. The number of hydrogen-bond donors (Lipinski definition) is 2. The van der Waals surface area contributed by atoms with E-state index >= 15 is 0 Å². The minimum absolute atomic E-state index is 0.0406. The number of benzene rings is 1. The lowest BCUT2D eigenvalue weighted by Gasteiger charge is -2.23. The van der Waals surface area contributed by atoms with E-state index < -0.39 is 10.0 Å². The van der Waals surface area contributed by atoms with Crippen molar-refractivity contribution in [1.29, 1.82) is 0 Å². The van der Waals surface area contributed by atoms with Crippen LogP contribution in [0, 0.1) is 6.92 Å². The van der Waals surface area contributed by atoms with Crippen LogP contribution in [0.4, 0.5) is 0 Å². The van der Waals surface area contributed by atoms with Gasteiger partial charge in [0.25, 0.3) is 0 Å². The number of guanidine groups is 1. The maximum absolute atomic E-state index is 11.9. The quantitative estimate of drug-likeness (QED) is 0.335. The average molecular weight is 427 g/mol. The summed E-state index contributed by atoms with van der Waals surface area (Å²) in [4.78, 5) is 4.67. The van der Waals surface area contributed by atoms with E-state index in [2.05, 4.69) is 15.6 Å². The van der Waals surface area contributed by atoms with Crippen LogP contribution < -0.4 is 15.4 Å². The van der Waals surface area contributed by atoms with Crippen molar-refractivity contribution >= 4 is 16.0 Å². The highest BCUT2D eigenvalue weighted by molar-refractivity contribution is 7.88. The summed E-state index contributed by atoms with van der Waals surface area (Å²) in [5, 5.41) is 6.51. The van der Waals surface area contributed by atoms with Gasteiger partial charge in [-0.3, -0.25) is 0 Å². The van der Waals surface area contributed by atoms with E-state index in [-0.39, 0.29) is 6.04 Å². The summed E-state index contributed by atoms with van der Waals surface area (Å²) in [6, 6.07) is 6.02. The van der Waals surface area contributed by atoms with Gasteiger partial charge in [0, 0.05) is 38.3 Å². The molecule has 164 valence electrons. The first kappa shape index (κ1) is 23.4. The van der Waals surface area contributed by atoms with E-state index in [0.717, 1.165) is 36.3 Å². The number of rotatable bonds is 10. The molecular formula is C20H34N4O4S. The van der Waals surface area contributed by atoms with Crippen molar-refractivity contribution in [2.45, 2.75) is 39.3 Å². The van der Waals surface area contributed by atoms with Gasteiger partial charge in [0.1, 0.15) is 12.4 Å². The second-order valence-corrected chi connectivity index (χ2v) is 9.13. The maximum Gasteiger partial charge on any atom is 0.211 e. The molecule has 8 nitrogen and oxygen atoms in total. The molecule has 1 aromatic rings. The van der Waals surface area contributed by atoms with Crippen molar-refractivity contribution in [1.82, 2.24) is 14.9 Å². The second kappa shape index (κ2) is 11.4. The first-order valence-electron chi connectivity index (χ1n) is 10.1. The fourth-order valence-corrected chi connectivity index (χ4v) is 4.51. The molecule has 1 aromatic carbocycles. The van der Waals surface area contributed by atoms with Crippen LogP contribution in [0.2, 0.25) is 0 Å². The smallest absolute Gasteiger partial charge is 0.211 e. The van der Waals surface area contributed by atoms with Gasteiger partial charge in [-0.15, -0.1) is 0 Å². The highest BCUT2D eigenvalue weighted by atomic mass is 32.2. The van der Waals surface area contributed by atoms with E-state index in [1.165, 1.54) is 6.26 Å². The Balaban J connectivity index is 2.03. The van der Waals surface area contributed by atoms with E-state index in [9.17, 15) is 8.42 Å². The third-order valence-electron chi connectivity index (χ3n) is 4.77. The van der Waals surface area contributed by atoms with Gasteiger partial charge in [0.15, 0.2) is 5.96 Å². The standard InChI is InChI=1S/C20H34N4O4S/c1-5-21-20(23-15-18-7-6-10-24(18)29(4,25)26)22-14-17-9-8-16(2)13-19(17)28-12-11-27-3/h8-9,13,18H,5-7,10-12,14-15H2,1-4H3,(H2,21,22,23)/t18-/m1/s1. The first-order valence-corrected chi connectivity index (χ1v) is 11.9. The molecule has 2 rings (SSSR count). The van der Waals surface area contributed by atoms with E-state index in [4.69, 9.17) is 9.47 Å². The number of nitrogens with one attached hydrogen (secondary N) is 2. The minimum Gasteiger partial charge on any atom is -0.491 e. The van der Waals surface area contributed by atoms with Gasteiger partial charge in [-0.1, -0.05) is 12.1 Å². The lowest BCUT2D eigenvalue weighted by Crippen LogP contribution is -2.46. The van der Waals surface area contributed by atoms with E-state index in [1.807, 2.05) is 32.0 Å². The molecule has 1 atom stereocenters. The Morgan fingerprint density at radius 3 is 2.79 bits per heavy atom. The number of aryl methyl sites for hydroxylation is 1. The predicted molar refractivity (Wildman–Crippen MR) is 116 cm³/mol. The fraction of sp³-hybridized carbons (Fsp3) is 0.650. The molecule has 29 heavy (non-hydrogen) atoms. The molecule has 0 aliphatic carbocycles. The summed E-state index contributed by atoms with van der Waals surface area (Å²) in [5.74, 6) is 1.47. The fourth-order valence-electron chi connectivity index (χ4n) is 3.33. The van der Waals surface area contributed by atoms with Gasteiger partial charge >= 0.3 is 0 Å². The molecule has 0 spiro atoms. The Hall–Kier alpha value is -1.84. The zero-order valence-electron chi connectivity index (χ0n) is 17.9. The molecule has 1 saturated heterocycles. The molecular weight excluding hydrogens is 392 g/mol. The van der Waals surface area contributed by atoms with Crippen LogP contribution >= 0.6 is 0 Å². The maximum atomic E-state index is 11.9. The molecule has 1 heterocycles. The predicted octanol–water partition coefficient (Wildman–Crippen LogP) is 1.50. The molecule has 0 unspecified atom stereocenters. The third-order valence-corrected chi connectivity index (χ3v) is 6.11. The monoisotopic (exact) mass is 426 g/mol. The van der Waals surface area contributed by atoms with Gasteiger partial charge in [0.05, 0.1) is 19.4 Å². The van der Waals surface area contributed by atoms with Crippen molar-refractivity contribution < 1.29 is 17.9 Å². The lowest BCUT2D eigenvalue weighted by molar-refractivity contribution is 0.145. The van der Waals surface area contributed by atoms with Gasteiger partial charge in [-0.25, -0.2) is 13.4 Å². The number of ether oxygens (including phenoxy) is 2. The lowest BCUT2D eigenvalue weighted by atomic mass is 10.1. The number of nitrogens with zero attached hydrogens (tertiary/aromatic N) is 2. The van der Waals surface area contributed by atoms with E-state index in [1.54, 1.807) is 11.4 Å². The molecule has 1 aliphatic heterocycles. The average Bonchev–Trinajstić information content (AvgIpc) is 3.14. The van der Waals surface area contributed by atoms with Crippen LogP contribution in [0.5, 0.6) is 5.75 Å². The Bertz CT molecular complexity index is 783. The molecule has 1 fully saturated rings. The Morgan fingerprint density at radius 2 is 2.10 bits per heavy atom. The SMILES string of the molecule is CCNC(=NCc1ccc(C)cc1OCCOC)NC[C@H]1CCCN1S(C)(=O)=O. The molecule has 0 amide bonds. The molecule has 0 radical (unpaired) electrons. The summed E-state index contributed by atoms with van der Waals surface area (Å²) < 4.78 is 36.3. The van der Waals surface area contributed by atoms with Crippen LogP contribution in [0.25, 0.3) is 0 Å². The van der Waals surface area contributed by atoms with Crippen LogP contribution in [-0.4, -0.2) is 70.9 Å². The normalized spacial score (nSPS) is 18.1. The Kier molecular flexibility index (Phi) is 9.19. The molecule has 0 bridgehead atoms. The van der Waals surface area contributed by atoms with Crippen molar-refractivity contribution in [2.75, 3.05) is 46.2 Å². The topological polar surface area (TPSA) is 92.3 Å². The number of sulfonamides is 1. The Morgan fingerprint density at radius 1 is 1.31 bits per heavy atom. The van der Waals surface area contributed by atoms with Crippen molar-refractivity contribution in [3.05, 3.63) is 29.3 Å². The van der Waals surface area contributed by atoms with Crippen LogP contribution in [0.1, 0.15) is 30.9 Å². The van der Waals surface area contributed by atoms with Crippen LogP contribution in [-0.2, 0) is 21.3 Å². The molecule has 0 aromatic heterocycles. The van der Waals surface area contributed by atoms with Crippen LogP contribution in [0.15, 0.2) is 23.2 Å².